The van der Waals surface area contributed by atoms with Crippen molar-refractivity contribution >= 4 is 0 Å². The highest BCUT2D eigenvalue weighted by Gasteiger charge is 2.05. The molecule has 0 amide bonds. The molecule has 110 valence electrons. The van der Waals surface area contributed by atoms with Crippen molar-refractivity contribution in [3.05, 3.63) is 96.2 Å². The van der Waals surface area contributed by atoms with Crippen LogP contribution in [0.4, 0.5) is 0 Å². The highest BCUT2D eigenvalue weighted by molar-refractivity contribution is 5.38. The van der Waals surface area contributed by atoms with Crippen LogP contribution in [0.1, 0.15) is 30.0 Å². The first-order valence-corrected chi connectivity index (χ1v) is 7.43. The second kappa shape index (κ2) is 8.97. The SMILES string of the molecule is C=C/C=C\C(=C)CCc1cccc(CC(=C)/C=C\C)c1C. The second-order valence-electron chi connectivity index (χ2n) is 5.29. The van der Waals surface area contributed by atoms with Gasteiger partial charge in [-0.15, -0.1) is 0 Å². The van der Waals surface area contributed by atoms with Gasteiger partial charge in [0.2, 0.25) is 0 Å². The monoisotopic (exact) mass is 278 g/mol. The zero-order valence-electron chi connectivity index (χ0n) is 13.4. The minimum Gasteiger partial charge on any atom is -0.0991 e. The van der Waals surface area contributed by atoms with Gasteiger partial charge in [-0.25, -0.2) is 0 Å². The summed E-state index contributed by atoms with van der Waals surface area (Å²) in [5, 5.41) is 0. The van der Waals surface area contributed by atoms with Gasteiger partial charge < -0.3 is 0 Å². The van der Waals surface area contributed by atoms with Gasteiger partial charge in [-0.1, -0.05) is 79.5 Å². The van der Waals surface area contributed by atoms with E-state index < -0.39 is 0 Å². The summed E-state index contributed by atoms with van der Waals surface area (Å²) in [6.45, 7) is 16.1. The molecule has 0 bridgehead atoms. The molecule has 21 heavy (non-hydrogen) atoms. The van der Waals surface area contributed by atoms with E-state index in [1.165, 1.54) is 16.7 Å². The van der Waals surface area contributed by atoms with Crippen molar-refractivity contribution in [1.29, 1.82) is 0 Å². The molecular formula is C21H26. The van der Waals surface area contributed by atoms with Gasteiger partial charge in [0, 0.05) is 0 Å². The fraction of sp³-hybridized carbons (Fsp3) is 0.238. The first kappa shape index (κ1) is 17.0. The van der Waals surface area contributed by atoms with E-state index in [4.69, 9.17) is 0 Å². The number of benzene rings is 1. The maximum atomic E-state index is 4.10. The summed E-state index contributed by atoms with van der Waals surface area (Å²) in [5.41, 5.74) is 6.43. The molecular weight excluding hydrogens is 252 g/mol. The van der Waals surface area contributed by atoms with Crippen LogP contribution in [-0.2, 0) is 12.8 Å². The topological polar surface area (TPSA) is 0 Å². The van der Waals surface area contributed by atoms with Crippen molar-refractivity contribution in [2.75, 3.05) is 0 Å². The molecule has 0 radical (unpaired) electrons. The Morgan fingerprint density at radius 1 is 1.10 bits per heavy atom. The molecule has 0 aromatic heterocycles. The maximum absolute atomic E-state index is 4.10. The van der Waals surface area contributed by atoms with E-state index in [0.717, 1.165) is 30.4 Å². The van der Waals surface area contributed by atoms with Gasteiger partial charge in [-0.2, -0.15) is 0 Å². The van der Waals surface area contributed by atoms with Gasteiger partial charge in [0.05, 0.1) is 0 Å². The van der Waals surface area contributed by atoms with Crippen LogP contribution in [0.25, 0.3) is 0 Å². The van der Waals surface area contributed by atoms with Crippen molar-refractivity contribution in [3.8, 4) is 0 Å². The zero-order valence-corrected chi connectivity index (χ0v) is 13.4. The first-order valence-electron chi connectivity index (χ1n) is 7.43. The molecule has 0 aliphatic heterocycles. The zero-order chi connectivity index (χ0) is 15.7. The molecule has 1 aromatic rings. The molecule has 0 heteroatoms. The van der Waals surface area contributed by atoms with Crippen LogP contribution in [0.2, 0.25) is 0 Å². The van der Waals surface area contributed by atoms with Crippen LogP contribution >= 0.6 is 0 Å². The highest BCUT2D eigenvalue weighted by Crippen LogP contribution is 2.20. The lowest BCUT2D eigenvalue weighted by Gasteiger charge is -2.12. The molecule has 0 fully saturated rings. The van der Waals surface area contributed by atoms with Crippen molar-refractivity contribution in [2.45, 2.75) is 33.1 Å². The molecule has 0 unspecified atom stereocenters. The third kappa shape index (κ3) is 5.83. The summed E-state index contributed by atoms with van der Waals surface area (Å²) >= 11 is 0. The third-order valence-corrected chi connectivity index (χ3v) is 3.56. The van der Waals surface area contributed by atoms with E-state index in [1.807, 2.05) is 25.2 Å². The first-order chi connectivity index (χ1) is 10.1. The summed E-state index contributed by atoms with van der Waals surface area (Å²) in [4.78, 5) is 0. The number of aryl methyl sites for hydroxylation is 1. The summed E-state index contributed by atoms with van der Waals surface area (Å²) in [7, 11) is 0. The lowest BCUT2D eigenvalue weighted by atomic mass is 9.94. The quantitative estimate of drug-likeness (QED) is 0.519. The average molecular weight is 278 g/mol. The number of rotatable bonds is 8. The Morgan fingerprint density at radius 2 is 1.81 bits per heavy atom. The van der Waals surface area contributed by atoms with Gasteiger partial charge in [-0.05, 0) is 49.8 Å². The van der Waals surface area contributed by atoms with Gasteiger partial charge in [0.1, 0.15) is 0 Å². The van der Waals surface area contributed by atoms with Gasteiger partial charge in [0.15, 0.2) is 0 Å². The second-order valence-corrected chi connectivity index (χ2v) is 5.29. The Hall–Kier alpha value is -2.08. The van der Waals surface area contributed by atoms with Crippen LogP contribution in [0.15, 0.2) is 79.5 Å². The van der Waals surface area contributed by atoms with Crippen LogP contribution < -0.4 is 0 Å². The largest absolute Gasteiger partial charge is 0.0991 e. The third-order valence-electron chi connectivity index (χ3n) is 3.56. The average Bonchev–Trinajstić information content (AvgIpc) is 2.46. The molecule has 0 nitrogen and oxygen atoms in total. The van der Waals surface area contributed by atoms with E-state index >= 15 is 0 Å². The van der Waals surface area contributed by atoms with E-state index in [9.17, 15) is 0 Å². The van der Waals surface area contributed by atoms with Crippen LogP contribution in [0.5, 0.6) is 0 Å². The van der Waals surface area contributed by atoms with Crippen molar-refractivity contribution in [2.24, 2.45) is 0 Å². The fourth-order valence-electron chi connectivity index (χ4n) is 2.32. The Kier molecular flexibility index (Phi) is 7.25. The summed E-state index contributed by atoms with van der Waals surface area (Å²) < 4.78 is 0. The number of hydrogen-bond acceptors (Lipinski definition) is 0. The lowest BCUT2D eigenvalue weighted by molar-refractivity contribution is 0.948. The highest BCUT2D eigenvalue weighted by atomic mass is 14.1. The summed E-state index contributed by atoms with van der Waals surface area (Å²) in [6.07, 6.45) is 12.8. The molecule has 0 saturated carbocycles. The molecule has 0 heterocycles. The minimum absolute atomic E-state index is 0.918. The van der Waals surface area contributed by atoms with Crippen LogP contribution in [0, 0.1) is 6.92 Å². The van der Waals surface area contributed by atoms with E-state index in [-0.39, 0.29) is 0 Å². The van der Waals surface area contributed by atoms with E-state index in [2.05, 4.69) is 50.9 Å². The van der Waals surface area contributed by atoms with E-state index in [0.29, 0.717) is 0 Å². The molecule has 0 spiro atoms. The Bertz CT molecular complexity index is 568. The molecule has 0 aliphatic carbocycles. The fourth-order valence-corrected chi connectivity index (χ4v) is 2.32. The molecule has 0 saturated heterocycles. The number of hydrogen-bond donors (Lipinski definition) is 0. The van der Waals surface area contributed by atoms with Gasteiger partial charge in [0.25, 0.3) is 0 Å². The molecule has 0 aliphatic rings. The van der Waals surface area contributed by atoms with Crippen molar-refractivity contribution < 1.29 is 0 Å². The molecule has 0 atom stereocenters. The van der Waals surface area contributed by atoms with Crippen molar-refractivity contribution in [3.63, 3.8) is 0 Å². The van der Waals surface area contributed by atoms with Crippen LogP contribution in [-0.4, -0.2) is 0 Å². The minimum atomic E-state index is 0.918. The smallest absolute Gasteiger partial charge is 0.00290 e. The van der Waals surface area contributed by atoms with Gasteiger partial charge >= 0.3 is 0 Å². The molecule has 1 aromatic carbocycles. The Labute approximate surface area is 129 Å². The standard InChI is InChI=1S/C21H26/c1-6-8-11-17(3)14-15-20-12-9-13-21(19(20)5)16-18(4)10-7-2/h6-13H,1,3-4,14-16H2,2,5H3/b10-7-,11-8-. The molecule has 0 N–H and O–H groups in total. The van der Waals surface area contributed by atoms with Crippen LogP contribution in [0.3, 0.4) is 0 Å². The summed E-state index contributed by atoms with van der Waals surface area (Å²) in [5.74, 6) is 0. The summed E-state index contributed by atoms with van der Waals surface area (Å²) in [6, 6.07) is 6.55. The normalized spacial score (nSPS) is 11.1. The lowest BCUT2D eigenvalue weighted by Crippen LogP contribution is -1.97. The predicted octanol–water partition coefficient (Wildman–Crippen LogP) is 5.90. The predicted molar refractivity (Wildman–Crippen MR) is 95.6 cm³/mol. The van der Waals surface area contributed by atoms with E-state index in [1.54, 1.807) is 6.08 Å². The Morgan fingerprint density at radius 3 is 2.48 bits per heavy atom. The Balaban J connectivity index is 2.76. The van der Waals surface area contributed by atoms with Crippen molar-refractivity contribution in [1.82, 2.24) is 0 Å². The van der Waals surface area contributed by atoms with Gasteiger partial charge in [-0.3, -0.25) is 0 Å². The molecule has 1 rings (SSSR count). The maximum Gasteiger partial charge on any atom is -0.00290 e. The number of allylic oxidation sites excluding steroid dienone is 7.